The summed E-state index contributed by atoms with van der Waals surface area (Å²) < 4.78 is 0. The molecule has 12 heavy (non-hydrogen) atoms. The van der Waals surface area contributed by atoms with Crippen molar-refractivity contribution in [2.45, 2.75) is 42.9 Å². The van der Waals surface area contributed by atoms with Gasteiger partial charge in [-0.1, -0.05) is 0 Å². The van der Waals surface area contributed by atoms with Crippen molar-refractivity contribution in [3.05, 3.63) is 0 Å². The molecule has 0 radical (unpaired) electrons. The zero-order valence-electron chi connectivity index (χ0n) is 7.62. The van der Waals surface area contributed by atoms with Crippen molar-refractivity contribution in [2.24, 2.45) is 5.92 Å². The fourth-order valence-corrected chi connectivity index (χ4v) is 4.13. The van der Waals surface area contributed by atoms with Gasteiger partial charge in [-0.3, -0.25) is 0 Å². The van der Waals surface area contributed by atoms with E-state index in [9.17, 15) is 9.90 Å². The summed E-state index contributed by atoms with van der Waals surface area (Å²) in [5, 5.41) is 9.44. The predicted octanol–water partition coefficient (Wildman–Crippen LogP) is 1.28. The number of hydrogen-bond acceptors (Lipinski definition) is 2. The fraction of sp³-hybridized carbons (Fsp3) is 0.889. The summed E-state index contributed by atoms with van der Waals surface area (Å²) in [5.41, 5.74) is 0. The van der Waals surface area contributed by atoms with Gasteiger partial charge in [-0.05, 0) is 0 Å². The van der Waals surface area contributed by atoms with Crippen LogP contribution >= 0.6 is 0 Å². The topological polar surface area (TPSA) is 37.3 Å². The first-order chi connectivity index (χ1) is 5.66. The van der Waals surface area contributed by atoms with Crippen LogP contribution in [0.1, 0.15) is 26.2 Å². The van der Waals surface area contributed by atoms with Gasteiger partial charge in [0, 0.05) is 0 Å². The Morgan fingerprint density at radius 1 is 1.67 bits per heavy atom. The van der Waals surface area contributed by atoms with E-state index in [2.05, 4.69) is 5.82 Å². The molecule has 1 saturated carbocycles. The summed E-state index contributed by atoms with van der Waals surface area (Å²) in [6, 6.07) is 0. The molecule has 3 unspecified atom stereocenters. The molecule has 0 aromatic heterocycles. The molecule has 1 fully saturated rings. The Bertz CT molecular complexity index is 168. The Hall–Kier alpha value is 0.149. The Labute approximate surface area is 79.9 Å². The van der Waals surface area contributed by atoms with Crippen LogP contribution in [-0.4, -0.2) is 32.0 Å². The number of hydrogen-bond donors (Lipinski definition) is 1. The molecule has 1 rings (SSSR count). The van der Waals surface area contributed by atoms with Gasteiger partial charge in [0.25, 0.3) is 0 Å². The van der Waals surface area contributed by atoms with E-state index in [0.717, 1.165) is 12.8 Å². The SMILES string of the molecule is C[Se]C1CCCC(=O)C1C(C)O. The first kappa shape index (κ1) is 10.2. The first-order valence-corrected chi connectivity index (χ1v) is 7.10. The summed E-state index contributed by atoms with van der Waals surface area (Å²) in [6.07, 6.45) is 2.41. The minimum atomic E-state index is -0.440. The van der Waals surface area contributed by atoms with Gasteiger partial charge in [-0.25, -0.2) is 0 Å². The Kier molecular flexibility index (Phi) is 3.75. The third-order valence-electron chi connectivity index (χ3n) is 2.51. The van der Waals surface area contributed by atoms with Crippen LogP contribution in [0.15, 0.2) is 0 Å². The summed E-state index contributed by atoms with van der Waals surface area (Å²) in [7, 11) is 0. The maximum atomic E-state index is 11.5. The summed E-state index contributed by atoms with van der Waals surface area (Å²) in [5.74, 6) is 2.39. The van der Waals surface area contributed by atoms with Gasteiger partial charge in [-0.15, -0.1) is 0 Å². The molecule has 1 aliphatic carbocycles. The van der Waals surface area contributed by atoms with Crippen LogP contribution in [0.25, 0.3) is 0 Å². The van der Waals surface area contributed by atoms with E-state index >= 15 is 0 Å². The molecule has 0 bridgehead atoms. The molecule has 3 atom stereocenters. The van der Waals surface area contributed by atoms with Crippen LogP contribution in [0, 0.1) is 5.92 Å². The fourth-order valence-electron chi connectivity index (χ4n) is 1.88. The van der Waals surface area contributed by atoms with Gasteiger partial charge in [0.2, 0.25) is 0 Å². The zero-order valence-corrected chi connectivity index (χ0v) is 9.33. The van der Waals surface area contributed by atoms with Crippen LogP contribution in [0.3, 0.4) is 0 Å². The van der Waals surface area contributed by atoms with E-state index < -0.39 is 6.10 Å². The van der Waals surface area contributed by atoms with E-state index in [4.69, 9.17) is 0 Å². The number of carbonyl (C=O) groups is 1. The average molecular weight is 235 g/mol. The van der Waals surface area contributed by atoms with Crippen molar-refractivity contribution < 1.29 is 9.90 Å². The molecule has 1 aliphatic rings. The minimum absolute atomic E-state index is 0.0521. The van der Waals surface area contributed by atoms with Gasteiger partial charge in [0.1, 0.15) is 0 Å². The second-order valence-corrected chi connectivity index (χ2v) is 5.66. The maximum absolute atomic E-state index is 11.5. The summed E-state index contributed by atoms with van der Waals surface area (Å²) in [6.45, 7) is 1.74. The van der Waals surface area contributed by atoms with Gasteiger partial charge < -0.3 is 0 Å². The van der Waals surface area contributed by atoms with Crippen molar-refractivity contribution >= 4 is 20.7 Å². The first-order valence-electron chi connectivity index (χ1n) is 4.40. The van der Waals surface area contributed by atoms with Crippen molar-refractivity contribution in [1.82, 2.24) is 0 Å². The molecular formula is C9H16O2Se. The van der Waals surface area contributed by atoms with E-state index in [1.54, 1.807) is 6.92 Å². The second-order valence-electron chi connectivity index (χ2n) is 3.40. The van der Waals surface area contributed by atoms with Crippen molar-refractivity contribution in [3.8, 4) is 0 Å². The van der Waals surface area contributed by atoms with Crippen LogP contribution in [0.4, 0.5) is 0 Å². The predicted molar refractivity (Wildman–Crippen MR) is 49.4 cm³/mol. The van der Waals surface area contributed by atoms with Crippen molar-refractivity contribution in [1.29, 1.82) is 0 Å². The van der Waals surface area contributed by atoms with Gasteiger partial charge in [0.05, 0.1) is 0 Å². The average Bonchev–Trinajstić information content (AvgIpc) is 2.03. The van der Waals surface area contributed by atoms with Crippen molar-refractivity contribution in [2.75, 3.05) is 0 Å². The zero-order chi connectivity index (χ0) is 9.14. The Balaban J connectivity index is 2.66. The molecule has 0 saturated heterocycles. The number of aliphatic hydroxyl groups excluding tert-OH is 1. The van der Waals surface area contributed by atoms with Gasteiger partial charge >= 0.3 is 79.5 Å². The van der Waals surface area contributed by atoms with Crippen LogP contribution in [0.2, 0.25) is 10.6 Å². The Morgan fingerprint density at radius 2 is 2.33 bits per heavy atom. The van der Waals surface area contributed by atoms with Gasteiger partial charge in [0.15, 0.2) is 0 Å². The molecule has 70 valence electrons. The van der Waals surface area contributed by atoms with E-state index in [1.807, 2.05) is 0 Å². The number of ketones is 1. The van der Waals surface area contributed by atoms with Crippen LogP contribution < -0.4 is 0 Å². The van der Waals surface area contributed by atoms with E-state index in [-0.39, 0.29) is 11.7 Å². The summed E-state index contributed by atoms with van der Waals surface area (Å²) >= 11 is 0.498. The number of rotatable bonds is 2. The van der Waals surface area contributed by atoms with E-state index in [0.29, 0.717) is 26.2 Å². The molecule has 0 heterocycles. The molecule has 0 aliphatic heterocycles. The molecule has 0 aromatic carbocycles. The normalized spacial score (nSPS) is 33.4. The number of carbonyl (C=O) groups excluding carboxylic acids is 1. The molecule has 2 nitrogen and oxygen atoms in total. The molecule has 1 N–H and O–H groups in total. The van der Waals surface area contributed by atoms with Crippen LogP contribution in [-0.2, 0) is 4.79 Å². The molecule has 0 spiro atoms. The van der Waals surface area contributed by atoms with E-state index in [1.165, 1.54) is 0 Å². The van der Waals surface area contributed by atoms with Crippen LogP contribution in [0.5, 0.6) is 0 Å². The number of Topliss-reactive ketones (excluding diaryl/α,β-unsaturated/α-hetero) is 1. The third-order valence-corrected chi connectivity index (χ3v) is 4.89. The van der Waals surface area contributed by atoms with Gasteiger partial charge in [-0.2, -0.15) is 0 Å². The Morgan fingerprint density at radius 3 is 2.75 bits per heavy atom. The molecule has 3 heteroatoms. The molecule has 0 aromatic rings. The third kappa shape index (κ3) is 2.09. The second kappa shape index (κ2) is 4.40. The molecular weight excluding hydrogens is 219 g/mol. The monoisotopic (exact) mass is 236 g/mol. The quantitative estimate of drug-likeness (QED) is 0.732. The number of aliphatic hydroxyl groups is 1. The van der Waals surface area contributed by atoms with Crippen molar-refractivity contribution in [3.63, 3.8) is 0 Å². The standard InChI is InChI=1S/C9H16O2Se/c1-6(10)9-7(11)4-3-5-8(9)12-2/h6,8-10H,3-5H2,1-2H3. The molecule has 0 amide bonds. The summed E-state index contributed by atoms with van der Waals surface area (Å²) in [4.78, 5) is 11.9.